The van der Waals surface area contributed by atoms with E-state index in [0.717, 1.165) is 59.2 Å². The van der Waals surface area contributed by atoms with E-state index in [9.17, 15) is 0 Å². The minimum Gasteiger partial charge on any atom is -0.496 e. The topological polar surface area (TPSA) is 61.9 Å². The molecule has 1 heterocycles. The Balaban J connectivity index is 1.42. The zero-order valence-corrected chi connectivity index (χ0v) is 24.3. The van der Waals surface area contributed by atoms with Crippen LogP contribution in [-0.4, -0.2) is 115 Å². The highest BCUT2D eigenvalue weighted by Crippen LogP contribution is 2.30. The van der Waals surface area contributed by atoms with E-state index in [2.05, 4.69) is 21.9 Å². The van der Waals surface area contributed by atoms with Gasteiger partial charge in [0.05, 0.1) is 76.9 Å². The SMILES string of the molecule is COc1ccccc1SCN1CCOCCOCCN(CSc2ccccc2OC)CCOCCOCC1. The van der Waals surface area contributed by atoms with E-state index in [1.165, 1.54) is 0 Å². The van der Waals surface area contributed by atoms with Crippen molar-refractivity contribution in [2.24, 2.45) is 0 Å². The molecule has 8 nitrogen and oxygen atoms in total. The van der Waals surface area contributed by atoms with E-state index in [0.29, 0.717) is 52.9 Å². The Hall–Kier alpha value is -1.50. The first kappa shape index (κ1) is 31.0. The number of ether oxygens (including phenoxy) is 6. The Kier molecular flexibility index (Phi) is 16.0. The molecule has 0 aromatic heterocycles. The molecule has 2 aromatic rings. The molecule has 0 bridgehead atoms. The zero-order chi connectivity index (χ0) is 26.7. The van der Waals surface area contributed by atoms with Crippen LogP contribution in [0, 0.1) is 0 Å². The maximum atomic E-state index is 5.87. The Morgan fingerprint density at radius 1 is 0.553 bits per heavy atom. The Labute approximate surface area is 236 Å². The Morgan fingerprint density at radius 3 is 1.24 bits per heavy atom. The van der Waals surface area contributed by atoms with E-state index < -0.39 is 0 Å². The predicted molar refractivity (Wildman–Crippen MR) is 154 cm³/mol. The number of benzene rings is 2. The van der Waals surface area contributed by atoms with Crippen LogP contribution < -0.4 is 9.47 Å². The van der Waals surface area contributed by atoms with Gasteiger partial charge in [-0.1, -0.05) is 24.3 Å². The Morgan fingerprint density at radius 2 is 0.895 bits per heavy atom. The molecule has 0 aliphatic carbocycles. The minimum atomic E-state index is 0.586. The maximum Gasteiger partial charge on any atom is 0.132 e. The summed E-state index contributed by atoms with van der Waals surface area (Å²) in [5.74, 6) is 3.47. The molecule has 38 heavy (non-hydrogen) atoms. The summed E-state index contributed by atoms with van der Waals surface area (Å²) in [6.45, 7) is 8.28. The summed E-state index contributed by atoms with van der Waals surface area (Å²) < 4.78 is 34.5. The molecule has 0 unspecified atom stereocenters. The second-order valence-electron chi connectivity index (χ2n) is 8.53. The summed E-state index contributed by atoms with van der Waals surface area (Å²) in [5.41, 5.74) is 0. The van der Waals surface area contributed by atoms with Crippen LogP contribution in [0.25, 0.3) is 0 Å². The third-order valence-electron chi connectivity index (χ3n) is 5.89. The van der Waals surface area contributed by atoms with Crippen molar-refractivity contribution in [2.45, 2.75) is 9.79 Å². The van der Waals surface area contributed by atoms with E-state index in [1.54, 1.807) is 37.7 Å². The summed E-state index contributed by atoms with van der Waals surface area (Å²) >= 11 is 3.53. The van der Waals surface area contributed by atoms with Crippen molar-refractivity contribution in [1.29, 1.82) is 0 Å². The standard InChI is InChI=1S/C28H42N2O6S2/c1-31-25-7-3-5-9-27(25)37-23-29-11-15-33-19-21-35-17-13-30(14-18-36-22-20-34-16-12-29)24-38-28-10-6-4-8-26(28)32-2/h3-10H,11-24H2,1-2H3. The van der Waals surface area contributed by atoms with Gasteiger partial charge in [0.25, 0.3) is 0 Å². The first-order valence-corrected chi connectivity index (χ1v) is 15.0. The van der Waals surface area contributed by atoms with Crippen LogP contribution >= 0.6 is 23.5 Å². The van der Waals surface area contributed by atoms with Gasteiger partial charge in [0.15, 0.2) is 0 Å². The number of rotatable bonds is 8. The quantitative estimate of drug-likeness (QED) is 0.435. The summed E-state index contributed by atoms with van der Waals surface area (Å²) in [6, 6.07) is 16.2. The molecule has 0 spiro atoms. The second kappa shape index (κ2) is 19.5. The van der Waals surface area contributed by atoms with Crippen molar-refractivity contribution in [1.82, 2.24) is 9.80 Å². The van der Waals surface area contributed by atoms with Crippen LogP contribution in [0.5, 0.6) is 11.5 Å². The van der Waals surface area contributed by atoms with E-state index in [-0.39, 0.29) is 0 Å². The van der Waals surface area contributed by atoms with Crippen LogP contribution in [0.15, 0.2) is 58.3 Å². The molecule has 2 aromatic carbocycles. The fourth-order valence-corrected chi connectivity index (χ4v) is 5.79. The maximum absolute atomic E-state index is 5.87. The number of para-hydroxylation sites is 2. The molecule has 0 atom stereocenters. The fraction of sp³-hybridized carbons (Fsp3) is 0.571. The third-order valence-corrected chi connectivity index (χ3v) is 8.18. The van der Waals surface area contributed by atoms with Crippen LogP contribution in [0.4, 0.5) is 0 Å². The van der Waals surface area contributed by atoms with Crippen LogP contribution in [-0.2, 0) is 18.9 Å². The van der Waals surface area contributed by atoms with Crippen LogP contribution in [0.1, 0.15) is 0 Å². The molecule has 10 heteroatoms. The van der Waals surface area contributed by atoms with Gasteiger partial charge in [-0.2, -0.15) is 0 Å². The molecule has 1 aliphatic rings. The molecule has 0 N–H and O–H groups in total. The summed E-state index contributed by atoms with van der Waals surface area (Å²) in [5, 5.41) is 0. The molecule has 3 rings (SSSR count). The van der Waals surface area contributed by atoms with Crippen LogP contribution in [0.2, 0.25) is 0 Å². The van der Waals surface area contributed by atoms with Crippen molar-refractivity contribution in [3.63, 3.8) is 0 Å². The molecular weight excluding hydrogens is 524 g/mol. The lowest BCUT2D eigenvalue weighted by Crippen LogP contribution is -2.33. The first-order chi connectivity index (χ1) is 18.8. The normalized spacial score (nSPS) is 18.4. The van der Waals surface area contributed by atoms with Gasteiger partial charge in [0.1, 0.15) is 11.5 Å². The number of thioether (sulfide) groups is 2. The molecule has 1 saturated heterocycles. The number of hydrogen-bond donors (Lipinski definition) is 0. The predicted octanol–water partition coefficient (Wildman–Crippen LogP) is 4.19. The molecule has 212 valence electrons. The molecule has 0 radical (unpaired) electrons. The minimum absolute atomic E-state index is 0.586. The first-order valence-electron chi connectivity index (χ1n) is 13.1. The lowest BCUT2D eigenvalue weighted by molar-refractivity contribution is 0.0124. The lowest BCUT2D eigenvalue weighted by Gasteiger charge is -2.23. The van der Waals surface area contributed by atoms with Crippen LogP contribution in [0.3, 0.4) is 0 Å². The van der Waals surface area contributed by atoms with Crippen molar-refractivity contribution < 1.29 is 28.4 Å². The lowest BCUT2D eigenvalue weighted by atomic mass is 10.3. The fourth-order valence-electron chi connectivity index (χ4n) is 3.70. The van der Waals surface area contributed by atoms with Crippen molar-refractivity contribution >= 4 is 23.5 Å². The van der Waals surface area contributed by atoms with Gasteiger partial charge in [0, 0.05) is 37.9 Å². The van der Waals surface area contributed by atoms with Gasteiger partial charge < -0.3 is 28.4 Å². The molecule has 1 aliphatic heterocycles. The highest BCUT2D eigenvalue weighted by atomic mass is 32.2. The van der Waals surface area contributed by atoms with Crippen molar-refractivity contribution in [2.75, 3.05) is 105 Å². The molecule has 0 saturated carbocycles. The van der Waals surface area contributed by atoms with Gasteiger partial charge in [-0.05, 0) is 24.3 Å². The number of nitrogens with zero attached hydrogens (tertiary/aromatic N) is 2. The summed E-state index contributed by atoms with van der Waals surface area (Å²) in [6.07, 6.45) is 0. The summed E-state index contributed by atoms with van der Waals surface area (Å²) in [4.78, 5) is 6.96. The van der Waals surface area contributed by atoms with Crippen molar-refractivity contribution in [3.8, 4) is 11.5 Å². The van der Waals surface area contributed by atoms with Gasteiger partial charge in [0.2, 0.25) is 0 Å². The van der Waals surface area contributed by atoms with E-state index in [4.69, 9.17) is 28.4 Å². The average molecular weight is 567 g/mol. The largest absolute Gasteiger partial charge is 0.496 e. The van der Waals surface area contributed by atoms with Gasteiger partial charge in [-0.3, -0.25) is 9.80 Å². The van der Waals surface area contributed by atoms with E-state index >= 15 is 0 Å². The highest BCUT2D eigenvalue weighted by molar-refractivity contribution is 7.99. The number of methoxy groups -OCH3 is 2. The van der Waals surface area contributed by atoms with Gasteiger partial charge >= 0.3 is 0 Å². The number of hydrogen-bond acceptors (Lipinski definition) is 10. The molecule has 0 amide bonds. The molecular formula is C28H42N2O6S2. The smallest absolute Gasteiger partial charge is 0.132 e. The Bertz CT molecular complexity index is 802. The third kappa shape index (κ3) is 12.1. The van der Waals surface area contributed by atoms with Gasteiger partial charge in [-0.25, -0.2) is 0 Å². The highest BCUT2D eigenvalue weighted by Gasteiger charge is 2.11. The zero-order valence-electron chi connectivity index (χ0n) is 22.7. The second-order valence-corrected chi connectivity index (χ2v) is 10.5. The monoisotopic (exact) mass is 566 g/mol. The average Bonchev–Trinajstić information content (AvgIpc) is 2.96. The van der Waals surface area contributed by atoms with Gasteiger partial charge in [-0.15, -0.1) is 23.5 Å². The summed E-state index contributed by atoms with van der Waals surface area (Å²) in [7, 11) is 3.42. The van der Waals surface area contributed by atoms with Crippen molar-refractivity contribution in [3.05, 3.63) is 48.5 Å². The molecule has 1 fully saturated rings. The van der Waals surface area contributed by atoms with E-state index in [1.807, 2.05) is 36.4 Å².